The number of methoxy groups -OCH3 is 1. The number of carbonyl (C=O) groups is 2. The predicted molar refractivity (Wildman–Crippen MR) is 135 cm³/mol. The Balaban J connectivity index is 2.05. The van der Waals surface area contributed by atoms with Crippen LogP contribution in [0.4, 0.5) is 0 Å². The van der Waals surface area contributed by atoms with Gasteiger partial charge >= 0.3 is 11.9 Å². The number of rotatable bonds is 7. The fourth-order valence-corrected chi connectivity index (χ4v) is 3.90. The summed E-state index contributed by atoms with van der Waals surface area (Å²) >= 11 is 0. The number of carboxylic acids is 1. The number of esters is 1. The molecule has 34 heavy (non-hydrogen) atoms. The van der Waals surface area contributed by atoms with Crippen molar-refractivity contribution in [3.8, 4) is 5.75 Å². The van der Waals surface area contributed by atoms with E-state index in [1.54, 1.807) is 32.2 Å². The first-order valence-electron chi connectivity index (χ1n) is 11.3. The molecule has 0 saturated heterocycles. The number of aromatic nitrogens is 1. The van der Waals surface area contributed by atoms with E-state index in [-0.39, 0.29) is 17.6 Å². The number of hydrogen-bond donors (Lipinski definition) is 1. The molecule has 2 aromatic carbocycles. The first-order chi connectivity index (χ1) is 15.9. The zero-order valence-electron chi connectivity index (χ0n) is 20.9. The molecule has 0 bridgehead atoms. The quantitative estimate of drug-likeness (QED) is 0.330. The molecule has 3 aromatic rings. The second kappa shape index (κ2) is 9.75. The van der Waals surface area contributed by atoms with Crippen LogP contribution < -0.4 is 4.74 Å². The average Bonchev–Trinajstić information content (AvgIpc) is 3.10. The van der Waals surface area contributed by atoms with Gasteiger partial charge in [-0.05, 0) is 88.6 Å². The van der Waals surface area contributed by atoms with Crippen LogP contribution in [0.25, 0.3) is 17.0 Å². The van der Waals surface area contributed by atoms with E-state index in [9.17, 15) is 14.7 Å². The third-order valence-corrected chi connectivity index (χ3v) is 5.51. The zero-order valence-corrected chi connectivity index (χ0v) is 20.9. The van der Waals surface area contributed by atoms with Crippen molar-refractivity contribution in [2.45, 2.75) is 59.6 Å². The standard InChI is InChI=1S/C28H33NO5/c1-17(2)29-16-22(14-20-9-10-21(26(30)31)15-25(20)33-7)23-13-19(8-11-24(23)29)12-18(3)27(32)34-28(4,5)6/h8-13,15-17H,14H2,1-7H3,(H,30,31)/b18-12+. The van der Waals surface area contributed by atoms with Crippen LogP contribution in [0.1, 0.15) is 74.6 Å². The smallest absolute Gasteiger partial charge is 0.335 e. The van der Waals surface area contributed by atoms with Crippen LogP contribution in [-0.2, 0) is 16.0 Å². The van der Waals surface area contributed by atoms with Gasteiger partial charge in [0.05, 0.1) is 12.7 Å². The van der Waals surface area contributed by atoms with E-state index >= 15 is 0 Å². The molecular formula is C28H33NO5. The molecule has 0 unspecified atom stereocenters. The topological polar surface area (TPSA) is 77.8 Å². The van der Waals surface area contributed by atoms with Crippen molar-refractivity contribution in [3.63, 3.8) is 0 Å². The van der Waals surface area contributed by atoms with Gasteiger partial charge in [-0.25, -0.2) is 9.59 Å². The van der Waals surface area contributed by atoms with Crippen molar-refractivity contribution in [1.82, 2.24) is 4.57 Å². The monoisotopic (exact) mass is 463 g/mol. The summed E-state index contributed by atoms with van der Waals surface area (Å²) in [4.78, 5) is 23.8. The largest absolute Gasteiger partial charge is 0.496 e. The van der Waals surface area contributed by atoms with Gasteiger partial charge in [0.15, 0.2) is 0 Å². The van der Waals surface area contributed by atoms with Crippen LogP contribution >= 0.6 is 0 Å². The maximum Gasteiger partial charge on any atom is 0.335 e. The third kappa shape index (κ3) is 5.68. The Morgan fingerprint density at radius 3 is 2.38 bits per heavy atom. The molecule has 1 heterocycles. The normalized spacial score (nSPS) is 12.3. The number of fused-ring (bicyclic) bond motifs is 1. The minimum absolute atomic E-state index is 0.190. The Morgan fingerprint density at radius 1 is 1.09 bits per heavy atom. The van der Waals surface area contributed by atoms with Crippen LogP contribution in [0.2, 0.25) is 0 Å². The summed E-state index contributed by atoms with van der Waals surface area (Å²) in [5.74, 6) is -0.781. The average molecular weight is 464 g/mol. The SMILES string of the molecule is COc1cc(C(=O)O)ccc1Cc1cn(C(C)C)c2ccc(/C=C(\C)C(=O)OC(C)(C)C)cc12. The van der Waals surface area contributed by atoms with Crippen molar-refractivity contribution < 1.29 is 24.2 Å². The highest BCUT2D eigenvalue weighted by molar-refractivity contribution is 5.95. The summed E-state index contributed by atoms with van der Waals surface area (Å²) in [6.07, 6.45) is 4.55. The molecule has 0 spiro atoms. The lowest BCUT2D eigenvalue weighted by Gasteiger charge is -2.19. The minimum Gasteiger partial charge on any atom is -0.496 e. The Hall–Kier alpha value is -3.54. The van der Waals surface area contributed by atoms with Crippen LogP contribution in [0, 0.1) is 0 Å². The van der Waals surface area contributed by atoms with E-state index in [0.29, 0.717) is 17.7 Å². The molecule has 1 N–H and O–H groups in total. The second-order valence-corrected chi connectivity index (χ2v) is 9.77. The molecule has 1 aromatic heterocycles. The summed E-state index contributed by atoms with van der Waals surface area (Å²) in [5, 5.41) is 10.4. The van der Waals surface area contributed by atoms with E-state index in [4.69, 9.17) is 9.47 Å². The summed E-state index contributed by atoms with van der Waals surface area (Å²) in [6.45, 7) is 11.6. The van der Waals surface area contributed by atoms with Crippen molar-refractivity contribution in [2.75, 3.05) is 7.11 Å². The van der Waals surface area contributed by atoms with Gasteiger partial charge in [0, 0.05) is 35.1 Å². The van der Waals surface area contributed by atoms with E-state index in [2.05, 4.69) is 36.7 Å². The Labute approximate surface area is 200 Å². The highest BCUT2D eigenvalue weighted by Gasteiger charge is 2.18. The van der Waals surface area contributed by atoms with Gasteiger partial charge in [-0.1, -0.05) is 12.1 Å². The fourth-order valence-electron chi connectivity index (χ4n) is 3.90. The number of carbonyl (C=O) groups excluding carboxylic acids is 1. The van der Waals surface area contributed by atoms with E-state index in [1.165, 1.54) is 0 Å². The van der Waals surface area contributed by atoms with Gasteiger partial charge in [0.1, 0.15) is 11.4 Å². The molecule has 0 atom stereocenters. The third-order valence-electron chi connectivity index (χ3n) is 5.51. The van der Waals surface area contributed by atoms with Crippen LogP contribution in [-0.4, -0.2) is 34.3 Å². The van der Waals surface area contributed by atoms with E-state index in [0.717, 1.165) is 27.6 Å². The Bertz CT molecular complexity index is 1260. The number of carboxylic acid groups (broad SMARTS) is 1. The van der Waals surface area contributed by atoms with Crippen molar-refractivity contribution in [3.05, 3.63) is 70.4 Å². The summed E-state index contributed by atoms with van der Waals surface area (Å²) in [6, 6.07) is 11.4. The summed E-state index contributed by atoms with van der Waals surface area (Å²) in [5.41, 5.74) is 4.18. The van der Waals surface area contributed by atoms with Gasteiger partial charge in [0.2, 0.25) is 0 Å². The fraction of sp³-hybridized carbons (Fsp3) is 0.357. The first-order valence-corrected chi connectivity index (χ1v) is 11.3. The number of ether oxygens (including phenoxy) is 2. The lowest BCUT2D eigenvalue weighted by atomic mass is 10.0. The van der Waals surface area contributed by atoms with Gasteiger partial charge in [-0.3, -0.25) is 0 Å². The maximum atomic E-state index is 12.4. The molecule has 180 valence electrons. The lowest BCUT2D eigenvalue weighted by Crippen LogP contribution is -2.24. The second-order valence-electron chi connectivity index (χ2n) is 9.77. The van der Waals surface area contributed by atoms with Gasteiger partial charge in [-0.2, -0.15) is 0 Å². The lowest BCUT2D eigenvalue weighted by molar-refractivity contribution is -0.149. The van der Waals surface area contributed by atoms with E-state index in [1.807, 2.05) is 32.9 Å². The molecule has 0 aliphatic rings. The zero-order chi connectivity index (χ0) is 25.2. The number of nitrogens with zero attached hydrogens (tertiary/aromatic N) is 1. The van der Waals surface area contributed by atoms with Gasteiger partial charge in [0.25, 0.3) is 0 Å². The molecule has 6 nitrogen and oxygen atoms in total. The molecule has 0 radical (unpaired) electrons. The summed E-state index contributed by atoms with van der Waals surface area (Å²) < 4.78 is 13.2. The molecule has 6 heteroatoms. The number of aromatic carboxylic acids is 1. The molecule has 0 fully saturated rings. The number of hydrogen-bond acceptors (Lipinski definition) is 4. The van der Waals surface area contributed by atoms with Crippen molar-refractivity contribution in [1.29, 1.82) is 0 Å². The molecule has 0 aliphatic carbocycles. The molecule has 0 amide bonds. The summed E-state index contributed by atoms with van der Waals surface area (Å²) in [7, 11) is 1.55. The Kier molecular flexibility index (Phi) is 7.20. The minimum atomic E-state index is -0.988. The first kappa shape index (κ1) is 25.1. The predicted octanol–water partition coefficient (Wildman–Crippen LogP) is 6.26. The van der Waals surface area contributed by atoms with Gasteiger partial charge in [-0.15, -0.1) is 0 Å². The molecule has 3 rings (SSSR count). The molecule has 0 saturated carbocycles. The van der Waals surface area contributed by atoms with Crippen LogP contribution in [0.5, 0.6) is 5.75 Å². The maximum absolute atomic E-state index is 12.4. The van der Waals surface area contributed by atoms with Crippen LogP contribution in [0.3, 0.4) is 0 Å². The number of benzene rings is 2. The molecular weight excluding hydrogens is 430 g/mol. The van der Waals surface area contributed by atoms with Crippen LogP contribution in [0.15, 0.2) is 48.2 Å². The highest BCUT2D eigenvalue weighted by atomic mass is 16.6. The van der Waals surface area contributed by atoms with Crippen molar-refractivity contribution >= 4 is 28.9 Å². The molecule has 0 aliphatic heterocycles. The van der Waals surface area contributed by atoms with Gasteiger partial charge < -0.3 is 19.1 Å². The highest BCUT2D eigenvalue weighted by Crippen LogP contribution is 2.31. The Morgan fingerprint density at radius 2 is 1.79 bits per heavy atom. The van der Waals surface area contributed by atoms with Crippen molar-refractivity contribution in [2.24, 2.45) is 0 Å². The van der Waals surface area contributed by atoms with E-state index < -0.39 is 11.6 Å².